The van der Waals surface area contributed by atoms with Gasteiger partial charge in [0.25, 0.3) is 11.4 Å². The Morgan fingerprint density at radius 2 is 1.72 bits per heavy atom. The molecule has 156 valence electrons. The summed E-state index contributed by atoms with van der Waals surface area (Å²) in [5.74, 6) is 3.48. The molecule has 1 amide bonds. The van der Waals surface area contributed by atoms with Crippen molar-refractivity contribution in [3.05, 3.63) is 105 Å². The molecule has 0 spiro atoms. The third-order valence-corrected chi connectivity index (χ3v) is 4.84. The first-order valence-electron chi connectivity index (χ1n) is 9.17. The van der Waals surface area contributed by atoms with E-state index in [-0.39, 0.29) is 27.4 Å². The normalized spacial score (nSPS) is 11.8. The molecule has 0 aliphatic heterocycles. The summed E-state index contributed by atoms with van der Waals surface area (Å²) in [6.45, 7) is 0. The van der Waals surface area contributed by atoms with Gasteiger partial charge in [-0.15, -0.1) is 4.91 Å². The number of benzene rings is 3. The van der Waals surface area contributed by atoms with E-state index in [1.54, 1.807) is 30.3 Å². The monoisotopic (exact) mass is 443 g/mol. The highest BCUT2D eigenvalue weighted by Gasteiger charge is 2.41. The lowest BCUT2D eigenvalue weighted by atomic mass is 9.89. The molecule has 0 bridgehead atoms. The van der Waals surface area contributed by atoms with E-state index in [1.165, 1.54) is 42.5 Å². The molecule has 0 radical (unpaired) electrons. The van der Waals surface area contributed by atoms with Crippen molar-refractivity contribution in [3.8, 4) is 17.9 Å². The van der Waals surface area contributed by atoms with Gasteiger partial charge in [0, 0.05) is 16.8 Å². The molecule has 0 aromatic heterocycles. The van der Waals surface area contributed by atoms with E-state index >= 15 is 0 Å². The summed E-state index contributed by atoms with van der Waals surface area (Å²) in [6.07, 6.45) is 0. The molecule has 7 nitrogen and oxygen atoms in total. The number of nitroso groups, excluding NO2 is 1. The highest BCUT2D eigenvalue weighted by atomic mass is 35.5. The lowest BCUT2D eigenvalue weighted by Gasteiger charge is -2.20. The summed E-state index contributed by atoms with van der Waals surface area (Å²) < 4.78 is 0. The third-order valence-electron chi connectivity index (χ3n) is 4.52. The van der Waals surface area contributed by atoms with Crippen molar-refractivity contribution in [2.24, 2.45) is 5.18 Å². The number of nitrogens with zero attached hydrogens (tertiary/aromatic N) is 2. The maximum atomic E-state index is 13.2. The minimum atomic E-state index is -2.09. The van der Waals surface area contributed by atoms with Gasteiger partial charge in [-0.2, -0.15) is 5.26 Å². The fourth-order valence-corrected chi connectivity index (χ4v) is 3.04. The number of carbonyl (C=O) groups is 2. The van der Waals surface area contributed by atoms with E-state index in [0.717, 1.165) is 0 Å². The first-order valence-corrected chi connectivity index (χ1v) is 9.55. The van der Waals surface area contributed by atoms with Crippen LogP contribution in [0.15, 0.2) is 78.0 Å². The highest BCUT2D eigenvalue weighted by molar-refractivity contribution is 6.32. The Bertz CT molecular complexity index is 1290. The van der Waals surface area contributed by atoms with Gasteiger partial charge in [-0.3, -0.25) is 4.79 Å². The molecule has 8 heteroatoms. The van der Waals surface area contributed by atoms with Crippen LogP contribution in [0.4, 0.5) is 5.69 Å². The summed E-state index contributed by atoms with van der Waals surface area (Å²) in [6, 6.07) is 20.0. The van der Waals surface area contributed by atoms with Crippen LogP contribution in [-0.2, 0) is 10.3 Å². The van der Waals surface area contributed by atoms with Crippen molar-refractivity contribution in [1.82, 2.24) is 0 Å². The van der Waals surface area contributed by atoms with Crippen LogP contribution in [0.3, 0.4) is 0 Å². The van der Waals surface area contributed by atoms with E-state index in [0.29, 0.717) is 5.56 Å². The first kappa shape index (κ1) is 22.2. The number of hydrogen-bond acceptors (Lipinski definition) is 5. The minimum Gasteiger partial charge on any atom is -0.478 e. The maximum Gasteiger partial charge on any atom is 0.335 e. The van der Waals surface area contributed by atoms with Crippen LogP contribution >= 0.6 is 11.6 Å². The number of carboxylic acid groups (broad SMARTS) is 1. The molecule has 0 unspecified atom stereocenters. The lowest BCUT2D eigenvalue weighted by Crippen LogP contribution is -2.37. The number of halogens is 1. The zero-order valence-corrected chi connectivity index (χ0v) is 17.1. The molecule has 0 fully saturated rings. The molecule has 3 rings (SSSR count). The van der Waals surface area contributed by atoms with Gasteiger partial charge in [0.05, 0.1) is 16.1 Å². The Morgan fingerprint density at radius 1 is 1.03 bits per heavy atom. The van der Waals surface area contributed by atoms with Crippen molar-refractivity contribution in [1.29, 1.82) is 5.26 Å². The van der Waals surface area contributed by atoms with E-state index < -0.39 is 17.4 Å². The number of carboxylic acids is 1. The molecular formula is C24H14ClN3O4. The zero-order valence-electron chi connectivity index (χ0n) is 16.4. The largest absolute Gasteiger partial charge is 0.478 e. The molecule has 0 aliphatic rings. The van der Waals surface area contributed by atoms with Crippen LogP contribution in [0.25, 0.3) is 0 Å². The topological polar surface area (TPSA) is 120 Å². The number of amides is 1. The van der Waals surface area contributed by atoms with Crippen LogP contribution in [0, 0.1) is 28.1 Å². The summed E-state index contributed by atoms with van der Waals surface area (Å²) in [5.41, 5.74) is -0.871. The number of nitrogens with one attached hydrogen (secondary N) is 1. The number of carbonyl (C=O) groups excluding carboxylic acids is 1. The van der Waals surface area contributed by atoms with E-state index in [1.807, 2.05) is 6.07 Å². The predicted octanol–water partition coefficient (Wildman–Crippen LogP) is 4.56. The molecule has 2 N–H and O–H groups in total. The van der Waals surface area contributed by atoms with Crippen molar-refractivity contribution < 1.29 is 14.7 Å². The highest BCUT2D eigenvalue weighted by Crippen LogP contribution is 2.29. The fraction of sp³-hybridized carbons (Fsp3) is 0.0417. The Hall–Kier alpha value is -4.46. The Kier molecular flexibility index (Phi) is 6.65. The molecule has 3 aromatic rings. The van der Waals surface area contributed by atoms with Crippen LogP contribution in [-0.4, -0.2) is 17.0 Å². The van der Waals surface area contributed by atoms with Gasteiger partial charge >= 0.3 is 5.97 Å². The van der Waals surface area contributed by atoms with Gasteiger partial charge in [-0.25, -0.2) is 4.79 Å². The second-order valence-corrected chi connectivity index (χ2v) is 6.97. The lowest BCUT2D eigenvalue weighted by molar-refractivity contribution is -0.119. The average Bonchev–Trinajstić information content (AvgIpc) is 2.81. The number of nitriles is 1. The van der Waals surface area contributed by atoms with Crippen LogP contribution < -0.4 is 5.32 Å². The smallest absolute Gasteiger partial charge is 0.335 e. The van der Waals surface area contributed by atoms with Gasteiger partial charge in [0.2, 0.25) is 0 Å². The van der Waals surface area contributed by atoms with Gasteiger partial charge in [0.1, 0.15) is 6.07 Å². The quantitative estimate of drug-likeness (QED) is 0.442. The second-order valence-electron chi connectivity index (χ2n) is 6.56. The SMILES string of the molecule is N#Cc1ccc(NC(=O)[C@@](C#Cc2ccc(C(=O)O)cc2)(N=O)c2ccccc2)cc1Cl. The Labute approximate surface area is 188 Å². The standard InChI is InChI=1S/C24H14ClN3O4/c25-21-14-20(11-10-18(21)15-26)27-23(31)24(28-32,19-4-2-1-3-5-19)13-12-16-6-8-17(9-7-16)22(29)30/h1-11,14H,(H,27,31)(H,29,30)/t24-/m0/s1. The van der Waals surface area contributed by atoms with Gasteiger partial charge in [0.15, 0.2) is 0 Å². The Morgan fingerprint density at radius 3 is 2.28 bits per heavy atom. The van der Waals surface area contributed by atoms with Crippen LogP contribution in [0.5, 0.6) is 0 Å². The molecule has 1 atom stereocenters. The number of aromatic carboxylic acids is 1. The number of rotatable bonds is 5. The number of hydrogen-bond donors (Lipinski definition) is 2. The first-order chi connectivity index (χ1) is 15.4. The summed E-state index contributed by atoms with van der Waals surface area (Å²) in [4.78, 5) is 36.2. The van der Waals surface area contributed by atoms with Gasteiger partial charge < -0.3 is 10.4 Å². The van der Waals surface area contributed by atoms with Crippen molar-refractivity contribution >= 4 is 29.2 Å². The molecule has 32 heavy (non-hydrogen) atoms. The molecule has 0 heterocycles. The van der Waals surface area contributed by atoms with Crippen molar-refractivity contribution in [3.63, 3.8) is 0 Å². The second kappa shape index (κ2) is 9.57. The molecule has 0 saturated heterocycles. The Balaban J connectivity index is 2.03. The fourth-order valence-electron chi connectivity index (χ4n) is 2.82. The summed E-state index contributed by atoms with van der Waals surface area (Å²) >= 11 is 6.03. The van der Waals surface area contributed by atoms with E-state index in [2.05, 4.69) is 22.3 Å². The summed E-state index contributed by atoms with van der Waals surface area (Å²) in [7, 11) is 0. The van der Waals surface area contributed by atoms with E-state index in [4.69, 9.17) is 22.0 Å². The maximum absolute atomic E-state index is 13.2. The van der Waals surface area contributed by atoms with Crippen LogP contribution in [0.1, 0.15) is 27.0 Å². The summed E-state index contributed by atoms with van der Waals surface area (Å²) in [5, 5.41) is 23.8. The average molecular weight is 444 g/mol. The molecule has 3 aromatic carbocycles. The zero-order chi connectivity index (χ0) is 23.1. The minimum absolute atomic E-state index is 0.0776. The third kappa shape index (κ3) is 4.65. The van der Waals surface area contributed by atoms with Crippen molar-refractivity contribution in [2.75, 3.05) is 5.32 Å². The van der Waals surface area contributed by atoms with Crippen LogP contribution in [0.2, 0.25) is 5.02 Å². The predicted molar refractivity (Wildman–Crippen MR) is 119 cm³/mol. The van der Waals surface area contributed by atoms with Gasteiger partial charge in [-0.1, -0.05) is 47.9 Å². The van der Waals surface area contributed by atoms with E-state index in [9.17, 15) is 14.5 Å². The molecule has 0 aliphatic carbocycles. The molecular weight excluding hydrogens is 430 g/mol. The van der Waals surface area contributed by atoms with Crippen molar-refractivity contribution in [2.45, 2.75) is 5.54 Å². The number of anilines is 1. The van der Waals surface area contributed by atoms with Gasteiger partial charge in [-0.05, 0) is 53.6 Å². The molecule has 0 saturated carbocycles.